The number of halogens is 4. The molecule has 0 bridgehead atoms. The Morgan fingerprint density at radius 3 is 2.59 bits per heavy atom. The molecule has 0 saturated carbocycles. The third-order valence-electron chi connectivity index (χ3n) is 5.19. The van der Waals surface area contributed by atoms with Crippen molar-refractivity contribution in [3.05, 3.63) is 41.1 Å². The minimum Gasteiger partial charge on any atom is -0.396 e. The van der Waals surface area contributed by atoms with Gasteiger partial charge >= 0.3 is 6.18 Å². The average molecular weight is 385 g/mol. The molecular formula is C18H19F4N3O2. The van der Waals surface area contributed by atoms with E-state index in [-0.39, 0.29) is 24.6 Å². The Morgan fingerprint density at radius 2 is 2.00 bits per heavy atom. The first-order valence-electron chi connectivity index (χ1n) is 8.40. The molecule has 1 aromatic heterocycles. The van der Waals surface area contributed by atoms with E-state index in [2.05, 4.69) is 4.98 Å². The Labute approximate surface area is 153 Å². The second-order valence-electron chi connectivity index (χ2n) is 7.85. The number of nitrogens with two attached hydrogens (primary N) is 1. The van der Waals surface area contributed by atoms with Gasteiger partial charge in [-0.05, 0) is 25.0 Å². The largest absolute Gasteiger partial charge is 0.436 e. The molecule has 2 heterocycles. The number of allylic oxidation sites excluding steroid dienone is 1. The van der Waals surface area contributed by atoms with Crippen LogP contribution in [0.5, 0.6) is 0 Å². The molecule has 1 amide bonds. The first-order chi connectivity index (χ1) is 12.4. The van der Waals surface area contributed by atoms with Crippen LogP contribution >= 0.6 is 0 Å². The number of carbonyl (C=O) groups excluding carboxylic acids is 2. The summed E-state index contributed by atoms with van der Waals surface area (Å²) < 4.78 is 52.8. The van der Waals surface area contributed by atoms with E-state index in [1.807, 2.05) is 0 Å². The van der Waals surface area contributed by atoms with Crippen molar-refractivity contribution in [3.63, 3.8) is 0 Å². The smallest absolute Gasteiger partial charge is 0.396 e. The van der Waals surface area contributed by atoms with Crippen molar-refractivity contribution in [3.8, 4) is 0 Å². The fourth-order valence-corrected chi connectivity index (χ4v) is 4.11. The van der Waals surface area contributed by atoms with Gasteiger partial charge in [-0.1, -0.05) is 13.8 Å². The van der Waals surface area contributed by atoms with Gasteiger partial charge in [0.15, 0.2) is 17.3 Å². The van der Waals surface area contributed by atoms with Crippen molar-refractivity contribution in [1.29, 1.82) is 0 Å². The number of likely N-dealkylation sites (tertiary alicyclic amines) is 1. The number of amides is 1. The number of pyridine rings is 1. The number of aromatic nitrogens is 1. The number of nitrogens with zero attached hydrogens (tertiary/aromatic N) is 2. The maximum Gasteiger partial charge on any atom is 0.436 e. The highest BCUT2D eigenvalue weighted by Crippen LogP contribution is 2.47. The monoisotopic (exact) mass is 385 g/mol. The third-order valence-corrected chi connectivity index (χ3v) is 5.19. The summed E-state index contributed by atoms with van der Waals surface area (Å²) >= 11 is 0. The highest BCUT2D eigenvalue weighted by Gasteiger charge is 2.48. The van der Waals surface area contributed by atoms with Crippen molar-refractivity contribution in [2.24, 2.45) is 16.6 Å². The Hall–Kier alpha value is -2.45. The first-order valence-corrected chi connectivity index (χ1v) is 8.40. The van der Waals surface area contributed by atoms with Crippen molar-refractivity contribution in [1.82, 2.24) is 9.88 Å². The molecule has 1 atom stereocenters. The molecule has 1 saturated heterocycles. The molecule has 0 unspecified atom stereocenters. The van der Waals surface area contributed by atoms with Crippen LogP contribution in [-0.2, 0) is 11.0 Å². The molecule has 9 heteroatoms. The zero-order chi connectivity index (χ0) is 20.2. The van der Waals surface area contributed by atoms with Crippen LogP contribution in [0.25, 0.3) is 0 Å². The molecule has 1 fully saturated rings. The number of carbonyl (C=O) groups is 2. The van der Waals surface area contributed by atoms with Gasteiger partial charge in [-0.3, -0.25) is 9.59 Å². The second-order valence-corrected chi connectivity index (χ2v) is 7.85. The highest BCUT2D eigenvalue weighted by atomic mass is 19.4. The summed E-state index contributed by atoms with van der Waals surface area (Å²) in [5.74, 6) is -2.68. The lowest BCUT2D eigenvalue weighted by Crippen LogP contribution is -2.42. The number of hydrogen-bond acceptors (Lipinski definition) is 4. The predicted molar refractivity (Wildman–Crippen MR) is 87.8 cm³/mol. The third kappa shape index (κ3) is 3.30. The average Bonchev–Trinajstić information content (AvgIpc) is 2.94. The fourth-order valence-electron chi connectivity index (χ4n) is 4.11. The normalized spacial score (nSPS) is 25.0. The Balaban J connectivity index is 1.89. The van der Waals surface area contributed by atoms with Crippen molar-refractivity contribution >= 4 is 11.7 Å². The van der Waals surface area contributed by atoms with E-state index in [0.717, 1.165) is 12.3 Å². The van der Waals surface area contributed by atoms with E-state index in [1.165, 1.54) is 4.90 Å². The van der Waals surface area contributed by atoms with Gasteiger partial charge in [0.1, 0.15) is 0 Å². The zero-order valence-corrected chi connectivity index (χ0v) is 14.9. The van der Waals surface area contributed by atoms with Gasteiger partial charge in [-0.25, -0.2) is 9.37 Å². The van der Waals surface area contributed by atoms with Crippen LogP contribution in [-0.4, -0.2) is 34.7 Å². The molecule has 3 rings (SSSR count). The summed E-state index contributed by atoms with van der Waals surface area (Å²) in [6, 6.07) is 0.941. The summed E-state index contributed by atoms with van der Waals surface area (Å²) in [7, 11) is 0. The van der Waals surface area contributed by atoms with Gasteiger partial charge in [0, 0.05) is 30.1 Å². The van der Waals surface area contributed by atoms with Crippen LogP contribution in [0.2, 0.25) is 0 Å². The lowest BCUT2D eigenvalue weighted by atomic mass is 9.65. The summed E-state index contributed by atoms with van der Waals surface area (Å²) in [5, 5.41) is 0. The quantitative estimate of drug-likeness (QED) is 0.755. The topological polar surface area (TPSA) is 76.3 Å². The molecule has 2 N–H and O–H groups in total. The van der Waals surface area contributed by atoms with E-state index in [4.69, 9.17) is 5.73 Å². The molecule has 0 radical (unpaired) electrons. The SMILES string of the molecule is CC1(C)C[C@]2(C=C(N)C1=O)CCN(C(=O)c1ccnc(C(F)(F)F)c1F)C2. The van der Waals surface area contributed by atoms with Crippen LogP contribution < -0.4 is 5.73 Å². The van der Waals surface area contributed by atoms with Crippen LogP contribution in [0.4, 0.5) is 17.6 Å². The fraction of sp³-hybridized carbons (Fsp3) is 0.500. The maximum absolute atomic E-state index is 14.2. The number of ketones is 1. The molecule has 2 aliphatic rings. The van der Waals surface area contributed by atoms with Gasteiger partial charge in [-0.15, -0.1) is 0 Å². The molecule has 0 aromatic carbocycles. The van der Waals surface area contributed by atoms with E-state index >= 15 is 0 Å². The van der Waals surface area contributed by atoms with E-state index in [1.54, 1.807) is 19.9 Å². The number of rotatable bonds is 1. The molecule has 146 valence electrons. The lowest BCUT2D eigenvalue weighted by molar-refractivity contribution is -0.143. The molecule has 27 heavy (non-hydrogen) atoms. The molecule has 5 nitrogen and oxygen atoms in total. The Morgan fingerprint density at radius 1 is 1.33 bits per heavy atom. The van der Waals surface area contributed by atoms with Crippen molar-refractivity contribution in [2.45, 2.75) is 32.9 Å². The van der Waals surface area contributed by atoms with Gasteiger partial charge < -0.3 is 10.6 Å². The molecule has 1 spiro atoms. The number of alkyl halides is 3. The molecule has 1 aliphatic heterocycles. The number of hydrogen-bond donors (Lipinski definition) is 1. The Kier molecular flexibility index (Phi) is 4.32. The van der Waals surface area contributed by atoms with Crippen molar-refractivity contribution in [2.75, 3.05) is 13.1 Å². The number of Topliss-reactive ketones (excluding diaryl/α,β-unsaturated/α-hetero) is 1. The van der Waals surface area contributed by atoms with Gasteiger partial charge in [-0.2, -0.15) is 13.2 Å². The maximum atomic E-state index is 14.2. The summed E-state index contributed by atoms with van der Waals surface area (Å²) in [6.07, 6.45) is -1.63. The van der Waals surface area contributed by atoms with E-state index < -0.39 is 40.0 Å². The van der Waals surface area contributed by atoms with Gasteiger partial charge in [0.2, 0.25) is 0 Å². The zero-order valence-electron chi connectivity index (χ0n) is 14.9. The molecule has 1 aliphatic carbocycles. The molecular weight excluding hydrogens is 366 g/mol. The first kappa shape index (κ1) is 19.3. The predicted octanol–water partition coefficient (Wildman–Crippen LogP) is 2.91. The van der Waals surface area contributed by atoms with Crippen LogP contribution in [0.3, 0.4) is 0 Å². The second kappa shape index (κ2) is 6.03. The van der Waals surface area contributed by atoms with Crippen LogP contribution in [0.15, 0.2) is 24.0 Å². The van der Waals surface area contributed by atoms with E-state index in [9.17, 15) is 27.2 Å². The summed E-state index contributed by atoms with van der Waals surface area (Å²) in [4.78, 5) is 29.1. The standard InChI is InChI=1S/C18H19F4N3O2/c1-16(2)8-17(7-11(23)14(16)26)4-6-25(9-17)15(27)10-3-5-24-13(12(10)19)18(20,21)22/h3,5,7H,4,6,8-9,23H2,1-2H3/t17-/m1/s1. The van der Waals surface area contributed by atoms with Crippen LogP contribution in [0.1, 0.15) is 42.7 Å². The summed E-state index contributed by atoms with van der Waals surface area (Å²) in [5.41, 5.74) is 2.33. The minimum absolute atomic E-state index is 0.120. The van der Waals surface area contributed by atoms with E-state index in [0.29, 0.717) is 12.8 Å². The summed E-state index contributed by atoms with van der Waals surface area (Å²) in [6.45, 7) is 3.92. The Bertz CT molecular complexity index is 847. The van der Waals surface area contributed by atoms with Crippen molar-refractivity contribution < 1.29 is 27.2 Å². The lowest BCUT2D eigenvalue weighted by Gasteiger charge is -2.39. The van der Waals surface area contributed by atoms with Gasteiger partial charge in [0.05, 0.1) is 11.3 Å². The minimum atomic E-state index is -4.99. The highest BCUT2D eigenvalue weighted by molar-refractivity contribution is 6.00. The van der Waals surface area contributed by atoms with Crippen LogP contribution in [0, 0.1) is 16.6 Å². The van der Waals surface area contributed by atoms with Gasteiger partial charge in [0.25, 0.3) is 5.91 Å². The molecule has 1 aromatic rings.